The molecule has 0 aliphatic heterocycles. The Balaban J connectivity index is 1.57. The fourth-order valence-electron chi connectivity index (χ4n) is 2.24. The first-order chi connectivity index (χ1) is 11.2. The zero-order valence-electron chi connectivity index (χ0n) is 12.3. The molecule has 0 spiro atoms. The van der Waals surface area contributed by atoms with Crippen LogP contribution in [0.2, 0.25) is 0 Å². The average molecular weight is 325 g/mol. The Hall–Kier alpha value is -2.73. The van der Waals surface area contributed by atoms with Crippen molar-refractivity contribution in [2.45, 2.75) is 12.8 Å². The lowest BCUT2D eigenvalue weighted by atomic mass is 10.1. The Kier molecular flexibility index (Phi) is 4.63. The van der Waals surface area contributed by atoms with Crippen molar-refractivity contribution >= 4 is 44.7 Å². The van der Waals surface area contributed by atoms with E-state index in [1.54, 1.807) is 11.6 Å². The standard InChI is InChI=1S/C17H15N3O2S/c21-15(8-9-16(22)20-17-18-10-11-23-17)19-14-7-3-5-12-4-1-2-6-13(12)14/h1-7,10-11H,8-9H2,(H,19,21)(H,18,20,22). The summed E-state index contributed by atoms with van der Waals surface area (Å²) >= 11 is 1.35. The van der Waals surface area contributed by atoms with E-state index in [4.69, 9.17) is 0 Å². The van der Waals surface area contributed by atoms with Crippen LogP contribution in [-0.4, -0.2) is 16.8 Å². The summed E-state index contributed by atoms with van der Waals surface area (Å²) in [7, 11) is 0. The van der Waals surface area contributed by atoms with Crippen molar-refractivity contribution in [3.8, 4) is 0 Å². The van der Waals surface area contributed by atoms with Crippen LogP contribution >= 0.6 is 11.3 Å². The molecule has 2 amide bonds. The largest absolute Gasteiger partial charge is 0.326 e. The number of fused-ring (bicyclic) bond motifs is 1. The van der Waals surface area contributed by atoms with Gasteiger partial charge >= 0.3 is 0 Å². The van der Waals surface area contributed by atoms with Gasteiger partial charge in [0.25, 0.3) is 0 Å². The Bertz CT molecular complexity index is 825. The molecule has 0 radical (unpaired) electrons. The number of hydrogen-bond donors (Lipinski definition) is 2. The molecule has 0 aliphatic rings. The van der Waals surface area contributed by atoms with Crippen molar-refractivity contribution in [1.29, 1.82) is 0 Å². The highest BCUT2D eigenvalue weighted by molar-refractivity contribution is 7.13. The van der Waals surface area contributed by atoms with Gasteiger partial charge in [-0.05, 0) is 11.5 Å². The van der Waals surface area contributed by atoms with Crippen LogP contribution in [0.5, 0.6) is 0 Å². The summed E-state index contributed by atoms with van der Waals surface area (Å²) in [6.45, 7) is 0. The number of anilines is 2. The van der Waals surface area contributed by atoms with E-state index in [2.05, 4.69) is 15.6 Å². The Morgan fingerprint density at radius 3 is 2.48 bits per heavy atom. The van der Waals surface area contributed by atoms with E-state index in [0.717, 1.165) is 16.5 Å². The molecule has 2 aromatic carbocycles. The van der Waals surface area contributed by atoms with Crippen LogP contribution in [0.1, 0.15) is 12.8 Å². The van der Waals surface area contributed by atoms with Crippen LogP contribution < -0.4 is 10.6 Å². The summed E-state index contributed by atoms with van der Waals surface area (Å²) in [5.41, 5.74) is 0.758. The normalized spacial score (nSPS) is 10.4. The zero-order chi connectivity index (χ0) is 16.1. The number of aromatic nitrogens is 1. The molecule has 6 heteroatoms. The fraction of sp³-hybridized carbons (Fsp3) is 0.118. The molecule has 5 nitrogen and oxygen atoms in total. The van der Waals surface area contributed by atoms with Gasteiger partial charge in [0.15, 0.2) is 5.13 Å². The number of amides is 2. The van der Waals surface area contributed by atoms with Crippen LogP contribution in [0.4, 0.5) is 10.8 Å². The number of rotatable bonds is 5. The SMILES string of the molecule is O=C(CCC(=O)Nc1cccc2ccccc12)Nc1nccs1. The topological polar surface area (TPSA) is 71.1 Å². The number of carbonyl (C=O) groups excluding carboxylic acids is 2. The third-order valence-corrected chi connectivity index (χ3v) is 4.01. The van der Waals surface area contributed by atoms with Crippen LogP contribution in [0, 0.1) is 0 Å². The first-order valence-electron chi connectivity index (χ1n) is 7.19. The highest BCUT2D eigenvalue weighted by Gasteiger charge is 2.09. The minimum Gasteiger partial charge on any atom is -0.326 e. The van der Waals surface area contributed by atoms with Crippen LogP contribution in [0.15, 0.2) is 54.0 Å². The van der Waals surface area contributed by atoms with Gasteiger partial charge in [-0.3, -0.25) is 9.59 Å². The van der Waals surface area contributed by atoms with Crippen molar-refractivity contribution in [2.24, 2.45) is 0 Å². The molecule has 3 aromatic rings. The maximum absolute atomic E-state index is 12.1. The molecule has 2 N–H and O–H groups in total. The van der Waals surface area contributed by atoms with Crippen molar-refractivity contribution in [2.75, 3.05) is 10.6 Å². The van der Waals surface area contributed by atoms with Crippen molar-refractivity contribution in [1.82, 2.24) is 4.98 Å². The summed E-state index contributed by atoms with van der Waals surface area (Å²) in [5, 5.41) is 9.90. The summed E-state index contributed by atoms with van der Waals surface area (Å²) in [6.07, 6.45) is 1.87. The molecular weight excluding hydrogens is 310 g/mol. The minimum absolute atomic E-state index is 0.121. The van der Waals surface area contributed by atoms with E-state index < -0.39 is 0 Å². The lowest BCUT2D eigenvalue weighted by molar-refractivity contribution is -0.121. The van der Waals surface area contributed by atoms with Crippen molar-refractivity contribution in [3.63, 3.8) is 0 Å². The average Bonchev–Trinajstić information content (AvgIpc) is 3.06. The molecule has 0 unspecified atom stereocenters. The molecule has 0 saturated heterocycles. The Morgan fingerprint density at radius 1 is 0.957 bits per heavy atom. The Morgan fingerprint density at radius 2 is 1.70 bits per heavy atom. The second-order valence-electron chi connectivity index (χ2n) is 4.96. The van der Waals surface area contributed by atoms with E-state index in [-0.39, 0.29) is 24.7 Å². The molecule has 116 valence electrons. The van der Waals surface area contributed by atoms with Gasteiger partial charge in [0, 0.05) is 35.5 Å². The van der Waals surface area contributed by atoms with Crippen LogP contribution in [-0.2, 0) is 9.59 Å². The number of hydrogen-bond acceptors (Lipinski definition) is 4. The highest BCUT2D eigenvalue weighted by Crippen LogP contribution is 2.23. The van der Waals surface area contributed by atoms with Crippen LogP contribution in [0.3, 0.4) is 0 Å². The summed E-state index contributed by atoms with van der Waals surface area (Å²) in [4.78, 5) is 27.8. The van der Waals surface area contributed by atoms with Gasteiger partial charge in [0.2, 0.25) is 11.8 Å². The molecule has 1 heterocycles. The molecule has 0 aliphatic carbocycles. The van der Waals surface area contributed by atoms with Crippen molar-refractivity contribution < 1.29 is 9.59 Å². The maximum Gasteiger partial charge on any atom is 0.226 e. The molecular formula is C17H15N3O2S. The molecule has 1 aromatic heterocycles. The predicted molar refractivity (Wildman–Crippen MR) is 92.6 cm³/mol. The summed E-state index contributed by atoms with van der Waals surface area (Å²) in [5.74, 6) is -0.399. The number of nitrogens with zero attached hydrogens (tertiary/aromatic N) is 1. The van der Waals surface area contributed by atoms with E-state index in [9.17, 15) is 9.59 Å². The maximum atomic E-state index is 12.1. The van der Waals surface area contributed by atoms with Gasteiger partial charge in [-0.25, -0.2) is 4.98 Å². The van der Waals surface area contributed by atoms with Gasteiger partial charge in [-0.2, -0.15) is 0 Å². The zero-order valence-corrected chi connectivity index (χ0v) is 13.1. The van der Waals surface area contributed by atoms with Crippen molar-refractivity contribution in [3.05, 3.63) is 54.0 Å². The molecule has 0 saturated carbocycles. The summed E-state index contributed by atoms with van der Waals surface area (Å²) in [6, 6.07) is 13.6. The minimum atomic E-state index is -0.215. The molecule has 0 atom stereocenters. The van der Waals surface area contributed by atoms with E-state index >= 15 is 0 Å². The fourth-order valence-corrected chi connectivity index (χ4v) is 2.79. The number of thiazole rings is 1. The Labute approximate surface area is 137 Å². The predicted octanol–water partition coefficient (Wildman–Crippen LogP) is 3.65. The number of nitrogens with one attached hydrogen (secondary N) is 2. The second kappa shape index (κ2) is 7.02. The first kappa shape index (κ1) is 15.2. The van der Waals surface area contributed by atoms with E-state index in [1.807, 2.05) is 42.5 Å². The van der Waals surface area contributed by atoms with Crippen LogP contribution in [0.25, 0.3) is 10.8 Å². The van der Waals surface area contributed by atoms with Gasteiger partial charge in [-0.15, -0.1) is 11.3 Å². The van der Waals surface area contributed by atoms with E-state index in [0.29, 0.717) is 5.13 Å². The number of benzene rings is 2. The molecule has 3 rings (SSSR count). The first-order valence-corrected chi connectivity index (χ1v) is 8.07. The van der Waals surface area contributed by atoms with Gasteiger partial charge in [0.1, 0.15) is 0 Å². The quantitative estimate of drug-likeness (QED) is 0.752. The van der Waals surface area contributed by atoms with Gasteiger partial charge < -0.3 is 10.6 Å². The second-order valence-corrected chi connectivity index (χ2v) is 5.85. The van der Waals surface area contributed by atoms with Gasteiger partial charge in [-0.1, -0.05) is 36.4 Å². The third-order valence-electron chi connectivity index (χ3n) is 3.32. The molecule has 0 fully saturated rings. The summed E-state index contributed by atoms with van der Waals surface area (Å²) < 4.78 is 0. The number of carbonyl (C=O) groups is 2. The lowest BCUT2D eigenvalue weighted by Crippen LogP contribution is -2.17. The van der Waals surface area contributed by atoms with Gasteiger partial charge in [0.05, 0.1) is 0 Å². The molecule has 23 heavy (non-hydrogen) atoms. The third kappa shape index (κ3) is 3.92. The monoisotopic (exact) mass is 325 g/mol. The highest BCUT2D eigenvalue weighted by atomic mass is 32.1. The lowest BCUT2D eigenvalue weighted by Gasteiger charge is -2.08. The van der Waals surface area contributed by atoms with E-state index in [1.165, 1.54) is 11.3 Å². The molecule has 0 bridgehead atoms. The smallest absolute Gasteiger partial charge is 0.226 e.